The molecule has 1 aromatic heterocycles. The minimum atomic E-state index is -0.371. The second-order valence-electron chi connectivity index (χ2n) is 6.55. The van der Waals surface area contributed by atoms with Gasteiger partial charge in [0.05, 0.1) is 0 Å². The van der Waals surface area contributed by atoms with Gasteiger partial charge in [0.1, 0.15) is 5.69 Å². The van der Waals surface area contributed by atoms with Gasteiger partial charge in [-0.1, -0.05) is 40.0 Å². The molecule has 3 N–H and O–H groups in total. The zero-order valence-electron chi connectivity index (χ0n) is 12.8. The Hall–Kier alpha value is -1.92. The summed E-state index contributed by atoms with van der Waals surface area (Å²) < 4.78 is 0. The lowest BCUT2D eigenvalue weighted by Crippen LogP contribution is -2.38. The van der Waals surface area contributed by atoms with Crippen molar-refractivity contribution in [2.24, 2.45) is 5.92 Å². The number of carbonyl (C=O) groups excluding carboxylic acids is 1. The number of rotatable bonds is 3. The fourth-order valence-corrected chi connectivity index (χ4v) is 2.47. The standard InChI is InChI=1S/C14H23N5O2/c1-14(2,3)10-12(21)15-13(18-16-10)19-17-11(20)9-7-5-4-6-8-9/h9H,4-8H2,1-3H3,(H,17,20)(H2,15,18,19,21). The summed E-state index contributed by atoms with van der Waals surface area (Å²) in [6.45, 7) is 5.68. The molecule has 0 atom stereocenters. The number of hydrogen-bond acceptors (Lipinski definition) is 5. The Morgan fingerprint density at radius 2 is 1.86 bits per heavy atom. The first-order valence-corrected chi connectivity index (χ1v) is 7.41. The molecule has 1 aromatic rings. The normalized spacial score (nSPS) is 16.5. The van der Waals surface area contributed by atoms with Gasteiger partial charge >= 0.3 is 0 Å². The van der Waals surface area contributed by atoms with Gasteiger partial charge in [-0.3, -0.25) is 25.4 Å². The van der Waals surface area contributed by atoms with E-state index in [0.29, 0.717) is 5.69 Å². The maximum absolute atomic E-state index is 12.0. The van der Waals surface area contributed by atoms with Crippen molar-refractivity contribution < 1.29 is 4.79 Å². The molecule has 1 amide bonds. The predicted molar refractivity (Wildman–Crippen MR) is 79.7 cm³/mol. The van der Waals surface area contributed by atoms with Crippen LogP contribution < -0.4 is 16.4 Å². The van der Waals surface area contributed by atoms with Crippen molar-refractivity contribution in [3.05, 3.63) is 16.0 Å². The number of aromatic amines is 1. The average Bonchev–Trinajstić information content (AvgIpc) is 2.44. The minimum absolute atomic E-state index is 0.0415. The van der Waals surface area contributed by atoms with Crippen molar-refractivity contribution in [3.8, 4) is 0 Å². The van der Waals surface area contributed by atoms with Gasteiger partial charge in [0.25, 0.3) is 5.56 Å². The van der Waals surface area contributed by atoms with Crippen LogP contribution in [0.25, 0.3) is 0 Å². The van der Waals surface area contributed by atoms with E-state index >= 15 is 0 Å². The zero-order chi connectivity index (χ0) is 15.5. The molecule has 7 heteroatoms. The van der Waals surface area contributed by atoms with E-state index in [1.807, 2.05) is 20.8 Å². The molecule has 0 bridgehead atoms. The van der Waals surface area contributed by atoms with E-state index in [1.165, 1.54) is 6.42 Å². The number of carbonyl (C=O) groups is 1. The Morgan fingerprint density at radius 1 is 1.19 bits per heavy atom. The number of aromatic nitrogens is 3. The number of nitrogens with zero attached hydrogens (tertiary/aromatic N) is 2. The van der Waals surface area contributed by atoms with Crippen molar-refractivity contribution in [2.45, 2.75) is 58.3 Å². The number of hydrazine groups is 1. The van der Waals surface area contributed by atoms with E-state index in [-0.39, 0.29) is 28.7 Å². The molecule has 0 aliphatic heterocycles. The Bertz CT molecular complexity index is 555. The molecule has 1 aliphatic rings. The first-order valence-electron chi connectivity index (χ1n) is 7.41. The number of H-pyrrole nitrogens is 1. The lowest BCUT2D eigenvalue weighted by Gasteiger charge is -2.21. The largest absolute Gasteiger partial charge is 0.288 e. The molecule has 0 spiro atoms. The van der Waals surface area contributed by atoms with Crippen LogP contribution in [0.5, 0.6) is 0 Å². The molecule has 0 unspecified atom stereocenters. The molecule has 1 aliphatic carbocycles. The highest BCUT2D eigenvalue weighted by molar-refractivity contribution is 5.79. The lowest BCUT2D eigenvalue weighted by molar-refractivity contribution is -0.125. The average molecular weight is 293 g/mol. The fraction of sp³-hybridized carbons (Fsp3) is 0.714. The van der Waals surface area contributed by atoms with E-state index in [0.717, 1.165) is 25.7 Å². The van der Waals surface area contributed by atoms with E-state index < -0.39 is 0 Å². The third kappa shape index (κ3) is 4.03. The first-order chi connectivity index (χ1) is 9.88. The quantitative estimate of drug-likeness (QED) is 0.733. The van der Waals surface area contributed by atoms with Gasteiger partial charge in [0.2, 0.25) is 11.9 Å². The highest BCUT2D eigenvalue weighted by Gasteiger charge is 2.22. The topological polar surface area (TPSA) is 99.8 Å². The van der Waals surface area contributed by atoms with Gasteiger partial charge in [-0.05, 0) is 12.8 Å². The molecule has 2 rings (SSSR count). The molecule has 1 fully saturated rings. The number of amides is 1. The second kappa shape index (κ2) is 6.24. The van der Waals surface area contributed by atoms with Crippen LogP contribution in [0, 0.1) is 5.92 Å². The van der Waals surface area contributed by atoms with Gasteiger partial charge in [0, 0.05) is 11.3 Å². The molecule has 0 radical (unpaired) electrons. The summed E-state index contributed by atoms with van der Waals surface area (Å²) in [5, 5.41) is 7.82. The van der Waals surface area contributed by atoms with Crippen LogP contribution in [-0.4, -0.2) is 21.1 Å². The van der Waals surface area contributed by atoms with Crippen LogP contribution in [0.2, 0.25) is 0 Å². The van der Waals surface area contributed by atoms with Gasteiger partial charge in [0.15, 0.2) is 0 Å². The van der Waals surface area contributed by atoms with Gasteiger partial charge in [-0.15, -0.1) is 10.2 Å². The molecule has 1 saturated carbocycles. The molecule has 0 aromatic carbocycles. The van der Waals surface area contributed by atoms with Crippen LogP contribution in [0.4, 0.5) is 5.95 Å². The smallest absolute Gasteiger partial charge is 0.274 e. The molecule has 1 heterocycles. The Labute approximate surface area is 123 Å². The van der Waals surface area contributed by atoms with Gasteiger partial charge < -0.3 is 0 Å². The van der Waals surface area contributed by atoms with Crippen molar-refractivity contribution in [1.29, 1.82) is 0 Å². The molecule has 116 valence electrons. The highest BCUT2D eigenvalue weighted by Crippen LogP contribution is 2.23. The summed E-state index contributed by atoms with van der Waals surface area (Å²) >= 11 is 0. The third-order valence-electron chi connectivity index (χ3n) is 3.69. The van der Waals surface area contributed by atoms with Crippen LogP contribution in [0.1, 0.15) is 58.6 Å². The summed E-state index contributed by atoms with van der Waals surface area (Å²) in [6.07, 6.45) is 5.21. The SMILES string of the molecule is CC(C)(C)c1nnc(NNC(=O)C2CCCCC2)[nH]c1=O. The molecule has 21 heavy (non-hydrogen) atoms. The summed E-state index contributed by atoms with van der Waals surface area (Å²) in [5.74, 6) is 0.134. The second-order valence-corrected chi connectivity index (χ2v) is 6.55. The molecular formula is C14H23N5O2. The monoisotopic (exact) mass is 293 g/mol. The van der Waals surface area contributed by atoms with E-state index in [1.54, 1.807) is 0 Å². The van der Waals surface area contributed by atoms with E-state index in [9.17, 15) is 9.59 Å². The predicted octanol–water partition coefficient (Wildman–Crippen LogP) is 1.49. The summed E-state index contributed by atoms with van der Waals surface area (Å²) in [4.78, 5) is 26.5. The zero-order valence-corrected chi connectivity index (χ0v) is 12.8. The maximum atomic E-state index is 12.0. The minimum Gasteiger partial charge on any atom is -0.288 e. The van der Waals surface area contributed by atoms with Crippen LogP contribution in [0.15, 0.2) is 4.79 Å². The molecule has 0 saturated heterocycles. The summed E-state index contributed by atoms with van der Waals surface area (Å²) in [5.41, 5.74) is 4.92. The molecular weight excluding hydrogens is 270 g/mol. The van der Waals surface area contributed by atoms with Crippen molar-refractivity contribution in [2.75, 3.05) is 5.43 Å². The number of hydrogen-bond donors (Lipinski definition) is 3. The van der Waals surface area contributed by atoms with Gasteiger partial charge in [-0.25, -0.2) is 0 Å². The fourth-order valence-electron chi connectivity index (χ4n) is 2.47. The Balaban J connectivity index is 1.96. The Kier molecular flexibility index (Phi) is 4.59. The summed E-state index contributed by atoms with van der Waals surface area (Å²) in [7, 11) is 0. The number of anilines is 1. The van der Waals surface area contributed by atoms with Gasteiger partial charge in [-0.2, -0.15) is 0 Å². The highest BCUT2D eigenvalue weighted by atomic mass is 16.2. The third-order valence-corrected chi connectivity index (χ3v) is 3.69. The summed E-state index contributed by atoms with van der Waals surface area (Å²) in [6, 6.07) is 0. The van der Waals surface area contributed by atoms with Crippen molar-refractivity contribution in [3.63, 3.8) is 0 Å². The van der Waals surface area contributed by atoms with E-state index in [2.05, 4.69) is 26.0 Å². The lowest BCUT2D eigenvalue weighted by atomic mass is 9.89. The van der Waals surface area contributed by atoms with E-state index in [4.69, 9.17) is 0 Å². The first kappa shape index (κ1) is 15.5. The maximum Gasteiger partial charge on any atom is 0.274 e. The van der Waals surface area contributed by atoms with Crippen molar-refractivity contribution >= 4 is 11.9 Å². The van der Waals surface area contributed by atoms with Crippen LogP contribution in [0.3, 0.4) is 0 Å². The van der Waals surface area contributed by atoms with Crippen LogP contribution in [-0.2, 0) is 10.2 Å². The molecule has 7 nitrogen and oxygen atoms in total. The van der Waals surface area contributed by atoms with Crippen LogP contribution >= 0.6 is 0 Å². The number of nitrogens with one attached hydrogen (secondary N) is 3. The Morgan fingerprint density at radius 3 is 2.43 bits per heavy atom. The van der Waals surface area contributed by atoms with Crippen molar-refractivity contribution in [1.82, 2.24) is 20.6 Å².